The van der Waals surface area contributed by atoms with Crippen molar-refractivity contribution in [2.75, 3.05) is 0 Å². The average molecular weight is 87.1 g/mol. The van der Waals surface area contributed by atoms with Crippen LogP contribution in [0.25, 0.3) is 0 Å². The van der Waals surface area contributed by atoms with E-state index < -0.39 is 0 Å². The zero-order valence-electron chi connectivity index (χ0n) is 3.78. The van der Waals surface area contributed by atoms with Gasteiger partial charge in [0.1, 0.15) is 0 Å². The van der Waals surface area contributed by atoms with Crippen LogP contribution in [0.5, 0.6) is 0 Å². The molecule has 3 heteroatoms. The van der Waals surface area contributed by atoms with Crippen LogP contribution < -0.4 is 16.8 Å². The second-order valence-electron chi connectivity index (χ2n) is 1.05. The Hall–Kier alpha value is -0.540. The van der Waals surface area contributed by atoms with Crippen LogP contribution in [-0.4, -0.2) is 0 Å². The minimum absolute atomic E-state index is 0.803. The Balaban J connectivity index is 2.83. The third-order valence-electron chi connectivity index (χ3n) is 0.286. The van der Waals surface area contributed by atoms with Gasteiger partial charge >= 0.3 is 0 Å². The van der Waals surface area contributed by atoms with Crippen molar-refractivity contribution in [2.24, 2.45) is 5.84 Å². The minimum atomic E-state index is 0.803. The van der Waals surface area contributed by atoms with E-state index >= 15 is 0 Å². The van der Waals surface area contributed by atoms with Crippen molar-refractivity contribution >= 4 is 0 Å². The van der Waals surface area contributed by atoms with E-state index in [0.29, 0.717) is 0 Å². The fraction of sp³-hybridized carbons (Fsp3) is 0.333. The number of hydrogen-bond donors (Lipinski definition) is 3. The fourth-order valence-electron chi connectivity index (χ4n) is 0.123. The molecule has 0 spiro atoms. The fourth-order valence-corrected chi connectivity index (χ4v) is 0.123. The number of allylic oxidation sites excluding steroid dienone is 1. The number of hydrazine groups is 2. The molecule has 0 aliphatic heterocycles. The van der Waals surface area contributed by atoms with Gasteiger partial charge in [0.05, 0.1) is 0 Å². The monoisotopic (exact) mass is 87.1 g/mol. The first-order chi connectivity index (χ1) is 2.77. The first-order valence-electron chi connectivity index (χ1n) is 1.64. The van der Waals surface area contributed by atoms with E-state index in [-0.39, 0.29) is 0 Å². The molecule has 0 atom stereocenters. The normalized spacial score (nSPS) is 7.67. The summed E-state index contributed by atoms with van der Waals surface area (Å²) in [6.45, 7) is 5.30. The molecule has 6 heavy (non-hydrogen) atoms. The lowest BCUT2D eigenvalue weighted by Gasteiger charge is -1.97. The Morgan fingerprint density at radius 2 is 2.33 bits per heavy atom. The number of hydrogen-bond acceptors (Lipinski definition) is 3. The Kier molecular flexibility index (Phi) is 2.44. The second-order valence-corrected chi connectivity index (χ2v) is 1.05. The molecule has 0 heterocycles. The Morgan fingerprint density at radius 1 is 1.83 bits per heavy atom. The highest BCUT2D eigenvalue weighted by Gasteiger charge is 1.69. The largest absolute Gasteiger partial charge is 0.313 e. The van der Waals surface area contributed by atoms with Crippen molar-refractivity contribution in [3.05, 3.63) is 12.3 Å². The van der Waals surface area contributed by atoms with Crippen molar-refractivity contribution in [3.8, 4) is 0 Å². The van der Waals surface area contributed by atoms with Crippen molar-refractivity contribution in [2.45, 2.75) is 6.92 Å². The topological polar surface area (TPSA) is 50.1 Å². The maximum Gasteiger partial charge on any atom is 0.0172 e. The maximum atomic E-state index is 4.81. The summed E-state index contributed by atoms with van der Waals surface area (Å²) in [5.41, 5.74) is 5.56. The van der Waals surface area contributed by atoms with Gasteiger partial charge in [-0.2, -0.15) is 5.53 Å². The Labute approximate surface area is 37.2 Å². The minimum Gasteiger partial charge on any atom is -0.313 e. The van der Waals surface area contributed by atoms with E-state index in [4.69, 9.17) is 5.84 Å². The smallest absolute Gasteiger partial charge is 0.0172 e. The summed E-state index contributed by atoms with van der Waals surface area (Å²) >= 11 is 0. The van der Waals surface area contributed by atoms with Crippen LogP contribution in [0.1, 0.15) is 6.92 Å². The van der Waals surface area contributed by atoms with Crippen LogP contribution in [0.4, 0.5) is 0 Å². The second kappa shape index (κ2) is 2.68. The Morgan fingerprint density at radius 3 is 2.33 bits per heavy atom. The number of nitrogens with one attached hydrogen (secondary N) is 2. The average Bonchev–Trinajstić information content (AvgIpc) is 1.35. The van der Waals surface area contributed by atoms with E-state index in [2.05, 4.69) is 17.5 Å². The molecule has 0 bridgehead atoms. The molecular formula is C3H9N3. The molecule has 0 aliphatic rings. The molecule has 0 aromatic heterocycles. The first-order valence-corrected chi connectivity index (χ1v) is 1.64. The molecule has 0 saturated heterocycles. The van der Waals surface area contributed by atoms with Crippen LogP contribution in [0.15, 0.2) is 12.3 Å². The molecule has 0 unspecified atom stereocenters. The molecule has 0 aromatic carbocycles. The summed E-state index contributed by atoms with van der Waals surface area (Å²) in [7, 11) is 0. The molecule has 0 aliphatic carbocycles. The van der Waals surface area contributed by atoms with E-state index in [1.807, 2.05) is 0 Å². The van der Waals surface area contributed by atoms with Crippen LogP contribution in [0, 0.1) is 0 Å². The van der Waals surface area contributed by atoms with E-state index in [0.717, 1.165) is 5.70 Å². The molecule has 4 N–H and O–H groups in total. The molecule has 0 rings (SSSR count). The summed E-state index contributed by atoms with van der Waals surface area (Å²) in [4.78, 5) is 0. The van der Waals surface area contributed by atoms with Gasteiger partial charge in [0, 0.05) is 5.70 Å². The van der Waals surface area contributed by atoms with Gasteiger partial charge in [0.25, 0.3) is 0 Å². The molecule has 3 nitrogen and oxygen atoms in total. The van der Waals surface area contributed by atoms with Gasteiger partial charge < -0.3 is 5.43 Å². The van der Waals surface area contributed by atoms with Gasteiger partial charge in [-0.3, -0.25) is 5.84 Å². The molecule has 0 saturated carbocycles. The van der Waals surface area contributed by atoms with Gasteiger partial charge in [-0.1, -0.05) is 6.58 Å². The van der Waals surface area contributed by atoms with Gasteiger partial charge in [0.15, 0.2) is 0 Å². The van der Waals surface area contributed by atoms with Crippen LogP contribution >= 0.6 is 0 Å². The standard InChI is InChI=1S/C3H9N3/c1-3(2)5-6-4/h5-6H,1,4H2,2H3. The van der Waals surface area contributed by atoms with Crippen molar-refractivity contribution in [1.29, 1.82) is 0 Å². The highest BCUT2D eigenvalue weighted by molar-refractivity contribution is 4.80. The van der Waals surface area contributed by atoms with Crippen molar-refractivity contribution in [3.63, 3.8) is 0 Å². The predicted octanol–water partition coefficient (Wildman–Crippen LogP) is -0.512. The van der Waals surface area contributed by atoms with Gasteiger partial charge in [-0.25, -0.2) is 0 Å². The molecule has 0 fully saturated rings. The molecular weight excluding hydrogens is 78.1 g/mol. The first kappa shape index (κ1) is 5.46. The SMILES string of the molecule is C=C(C)NNN. The molecule has 0 aromatic rings. The summed E-state index contributed by atoms with van der Waals surface area (Å²) in [6, 6.07) is 0. The van der Waals surface area contributed by atoms with Crippen LogP contribution in [-0.2, 0) is 0 Å². The zero-order chi connectivity index (χ0) is 4.99. The van der Waals surface area contributed by atoms with E-state index in [1.165, 1.54) is 0 Å². The number of nitrogens with two attached hydrogens (primary N) is 1. The summed E-state index contributed by atoms with van der Waals surface area (Å²) in [5, 5.41) is 0. The lowest BCUT2D eigenvalue weighted by Crippen LogP contribution is -2.35. The highest BCUT2D eigenvalue weighted by atomic mass is 15.5. The van der Waals surface area contributed by atoms with Gasteiger partial charge in [0.2, 0.25) is 0 Å². The number of rotatable bonds is 2. The summed E-state index contributed by atoms with van der Waals surface area (Å²) < 4.78 is 0. The zero-order valence-corrected chi connectivity index (χ0v) is 3.78. The highest BCUT2D eigenvalue weighted by Crippen LogP contribution is 1.67. The van der Waals surface area contributed by atoms with E-state index in [9.17, 15) is 0 Å². The summed E-state index contributed by atoms with van der Waals surface area (Å²) in [6.07, 6.45) is 0. The van der Waals surface area contributed by atoms with Gasteiger partial charge in [-0.15, -0.1) is 0 Å². The molecule has 36 valence electrons. The van der Waals surface area contributed by atoms with E-state index in [1.54, 1.807) is 6.92 Å². The quantitative estimate of drug-likeness (QED) is 0.314. The maximum absolute atomic E-state index is 4.81. The van der Waals surface area contributed by atoms with Crippen LogP contribution in [0.2, 0.25) is 0 Å². The van der Waals surface area contributed by atoms with Crippen LogP contribution in [0.3, 0.4) is 0 Å². The molecule has 0 amide bonds. The summed E-state index contributed by atoms with van der Waals surface area (Å²) in [5.74, 6) is 4.81. The predicted molar refractivity (Wildman–Crippen MR) is 25.3 cm³/mol. The van der Waals surface area contributed by atoms with Crippen molar-refractivity contribution < 1.29 is 0 Å². The lowest BCUT2D eigenvalue weighted by molar-refractivity contribution is 0.634. The molecule has 0 radical (unpaired) electrons. The Bertz CT molecular complexity index is 50.0. The third-order valence-corrected chi connectivity index (χ3v) is 0.286. The van der Waals surface area contributed by atoms with Gasteiger partial charge in [-0.05, 0) is 6.92 Å². The van der Waals surface area contributed by atoms with Crippen molar-refractivity contribution in [1.82, 2.24) is 11.0 Å². The third kappa shape index (κ3) is 3.46. The lowest BCUT2D eigenvalue weighted by atomic mass is 10.6.